The van der Waals surface area contributed by atoms with E-state index in [-0.39, 0.29) is 12.1 Å². The minimum Gasteiger partial charge on any atom is -0.248 e. The van der Waals surface area contributed by atoms with Gasteiger partial charge in [0.15, 0.2) is 0 Å². The van der Waals surface area contributed by atoms with Gasteiger partial charge in [-0.2, -0.15) is 13.2 Å². The Labute approximate surface area is 90.3 Å². The Balaban J connectivity index is 3.45. The monoisotopic (exact) mass is 254 g/mol. The number of primary sulfonamides is 1. The molecule has 4 nitrogen and oxygen atoms in total. The summed E-state index contributed by atoms with van der Waals surface area (Å²) in [7, 11) is -4.16. The number of rotatable bonds is 2. The van der Waals surface area contributed by atoms with Crippen LogP contribution in [0.5, 0.6) is 0 Å². The van der Waals surface area contributed by atoms with E-state index in [2.05, 4.69) is 4.98 Å². The van der Waals surface area contributed by atoms with Gasteiger partial charge in [0.25, 0.3) is 0 Å². The van der Waals surface area contributed by atoms with E-state index in [9.17, 15) is 21.6 Å². The summed E-state index contributed by atoms with van der Waals surface area (Å²) in [5, 5.41) is 4.77. The number of alkyl halides is 3. The third-order valence-corrected chi connectivity index (χ3v) is 2.73. The Morgan fingerprint density at radius 3 is 2.31 bits per heavy atom. The molecule has 0 aliphatic heterocycles. The topological polar surface area (TPSA) is 73.1 Å². The van der Waals surface area contributed by atoms with Crippen molar-refractivity contribution in [1.82, 2.24) is 4.98 Å². The van der Waals surface area contributed by atoms with Gasteiger partial charge in [0, 0.05) is 5.69 Å². The highest BCUT2D eigenvalue weighted by Gasteiger charge is 2.34. The standard InChI is InChI=1S/C8H9F3N2O2S/c1-2-5-3-6(16(12,14)15)4-7(13-5)8(9,10)11/h3-4H,2H2,1H3,(H2,12,14,15). The highest BCUT2D eigenvalue weighted by atomic mass is 32.2. The predicted octanol–water partition coefficient (Wildman–Crippen LogP) is 1.31. The van der Waals surface area contributed by atoms with Crippen molar-refractivity contribution in [2.75, 3.05) is 0 Å². The number of aromatic nitrogens is 1. The van der Waals surface area contributed by atoms with Gasteiger partial charge in [0.05, 0.1) is 4.90 Å². The van der Waals surface area contributed by atoms with Gasteiger partial charge in [0.1, 0.15) is 5.69 Å². The molecule has 0 unspecified atom stereocenters. The maximum Gasteiger partial charge on any atom is 0.433 e. The van der Waals surface area contributed by atoms with Gasteiger partial charge < -0.3 is 0 Å². The lowest BCUT2D eigenvalue weighted by Gasteiger charge is -2.09. The van der Waals surface area contributed by atoms with Crippen LogP contribution in [0.3, 0.4) is 0 Å². The minimum absolute atomic E-state index is 0.0267. The van der Waals surface area contributed by atoms with Gasteiger partial charge >= 0.3 is 6.18 Å². The molecule has 1 aromatic rings. The quantitative estimate of drug-likeness (QED) is 0.864. The fourth-order valence-electron chi connectivity index (χ4n) is 1.05. The van der Waals surface area contributed by atoms with E-state index < -0.39 is 26.8 Å². The lowest BCUT2D eigenvalue weighted by molar-refractivity contribution is -0.141. The van der Waals surface area contributed by atoms with Crippen LogP contribution in [-0.2, 0) is 22.6 Å². The number of aryl methyl sites for hydroxylation is 1. The fourth-order valence-corrected chi connectivity index (χ4v) is 1.63. The van der Waals surface area contributed by atoms with E-state index in [4.69, 9.17) is 5.14 Å². The van der Waals surface area contributed by atoms with Gasteiger partial charge in [-0.1, -0.05) is 6.92 Å². The van der Waals surface area contributed by atoms with Gasteiger partial charge in [0.2, 0.25) is 10.0 Å². The van der Waals surface area contributed by atoms with Crippen LogP contribution in [0.2, 0.25) is 0 Å². The highest BCUT2D eigenvalue weighted by Crippen LogP contribution is 2.29. The molecule has 1 rings (SSSR count). The Morgan fingerprint density at radius 1 is 1.38 bits per heavy atom. The summed E-state index contributed by atoms with van der Waals surface area (Å²) in [5.74, 6) is 0. The van der Waals surface area contributed by atoms with Crippen LogP contribution in [0, 0.1) is 0 Å². The molecule has 1 aromatic heterocycles. The summed E-state index contributed by atoms with van der Waals surface area (Å²) in [6, 6.07) is 1.46. The summed E-state index contributed by atoms with van der Waals surface area (Å²) in [6.45, 7) is 1.56. The number of nitrogens with zero attached hydrogens (tertiary/aromatic N) is 1. The molecule has 0 fully saturated rings. The van der Waals surface area contributed by atoms with Crippen molar-refractivity contribution in [1.29, 1.82) is 0 Å². The van der Waals surface area contributed by atoms with E-state index in [1.807, 2.05) is 0 Å². The van der Waals surface area contributed by atoms with Gasteiger partial charge in [-0.05, 0) is 18.6 Å². The molecular formula is C8H9F3N2O2S. The molecule has 0 bridgehead atoms. The van der Waals surface area contributed by atoms with Crippen LogP contribution in [-0.4, -0.2) is 13.4 Å². The van der Waals surface area contributed by atoms with Crippen molar-refractivity contribution >= 4 is 10.0 Å². The zero-order valence-corrected chi connectivity index (χ0v) is 9.06. The Morgan fingerprint density at radius 2 is 1.94 bits per heavy atom. The highest BCUT2D eigenvalue weighted by molar-refractivity contribution is 7.89. The smallest absolute Gasteiger partial charge is 0.248 e. The van der Waals surface area contributed by atoms with Crippen molar-refractivity contribution in [3.8, 4) is 0 Å². The molecule has 2 N–H and O–H groups in total. The molecule has 0 saturated heterocycles. The molecule has 0 amide bonds. The first-order valence-corrected chi connectivity index (χ1v) is 5.80. The zero-order chi connectivity index (χ0) is 12.6. The Kier molecular flexibility index (Phi) is 3.25. The van der Waals surface area contributed by atoms with E-state index in [1.54, 1.807) is 6.92 Å². The maximum atomic E-state index is 12.4. The first kappa shape index (κ1) is 12.9. The Bertz CT molecular complexity index is 496. The SMILES string of the molecule is CCc1cc(S(N)(=O)=O)cc(C(F)(F)F)n1. The predicted molar refractivity (Wildman–Crippen MR) is 50.0 cm³/mol. The van der Waals surface area contributed by atoms with Crippen molar-refractivity contribution in [2.24, 2.45) is 5.14 Å². The second kappa shape index (κ2) is 4.02. The fraction of sp³-hybridized carbons (Fsp3) is 0.375. The van der Waals surface area contributed by atoms with Crippen LogP contribution in [0.25, 0.3) is 0 Å². The first-order chi connectivity index (χ1) is 7.14. The summed E-state index contributed by atoms with van der Waals surface area (Å²) in [6.07, 6.45) is -4.50. The maximum absolute atomic E-state index is 12.4. The molecule has 0 aliphatic carbocycles. The van der Waals surface area contributed by atoms with Crippen molar-refractivity contribution < 1.29 is 21.6 Å². The second-order valence-corrected chi connectivity index (χ2v) is 4.64. The largest absolute Gasteiger partial charge is 0.433 e. The second-order valence-electron chi connectivity index (χ2n) is 3.08. The third-order valence-electron chi connectivity index (χ3n) is 1.83. The first-order valence-electron chi connectivity index (χ1n) is 4.25. The third kappa shape index (κ3) is 2.92. The normalized spacial score (nSPS) is 12.8. The molecule has 90 valence electrons. The molecule has 0 aromatic carbocycles. The Hall–Kier alpha value is -1.15. The average molecular weight is 254 g/mol. The van der Waals surface area contributed by atoms with Crippen LogP contribution in [0.15, 0.2) is 17.0 Å². The molecular weight excluding hydrogens is 245 g/mol. The van der Waals surface area contributed by atoms with Crippen LogP contribution < -0.4 is 5.14 Å². The van der Waals surface area contributed by atoms with Crippen molar-refractivity contribution in [2.45, 2.75) is 24.4 Å². The van der Waals surface area contributed by atoms with Crippen LogP contribution in [0.1, 0.15) is 18.3 Å². The van der Waals surface area contributed by atoms with E-state index in [0.29, 0.717) is 6.07 Å². The van der Waals surface area contributed by atoms with Gasteiger partial charge in [-0.15, -0.1) is 0 Å². The number of halogens is 3. The molecule has 0 saturated carbocycles. The average Bonchev–Trinajstić information content (AvgIpc) is 2.14. The molecule has 16 heavy (non-hydrogen) atoms. The molecule has 8 heteroatoms. The molecule has 0 aliphatic rings. The van der Waals surface area contributed by atoms with Crippen molar-refractivity contribution in [3.63, 3.8) is 0 Å². The summed E-state index contributed by atoms with van der Waals surface area (Å²) >= 11 is 0. The number of hydrogen-bond donors (Lipinski definition) is 1. The van der Waals surface area contributed by atoms with Gasteiger partial charge in [-0.25, -0.2) is 18.5 Å². The van der Waals surface area contributed by atoms with Crippen molar-refractivity contribution in [3.05, 3.63) is 23.5 Å². The summed E-state index contributed by atoms with van der Waals surface area (Å²) in [4.78, 5) is 2.71. The lowest BCUT2D eigenvalue weighted by Crippen LogP contribution is -2.16. The zero-order valence-electron chi connectivity index (χ0n) is 8.25. The molecule has 0 spiro atoms. The van der Waals surface area contributed by atoms with E-state index >= 15 is 0 Å². The lowest BCUT2D eigenvalue weighted by atomic mass is 10.2. The number of hydrogen-bond acceptors (Lipinski definition) is 3. The summed E-state index contributed by atoms with van der Waals surface area (Å²) < 4.78 is 59.0. The van der Waals surface area contributed by atoms with E-state index in [0.717, 1.165) is 6.07 Å². The molecule has 1 heterocycles. The molecule has 0 atom stereocenters. The number of sulfonamides is 1. The summed E-state index contributed by atoms with van der Waals surface area (Å²) in [5.41, 5.74) is -1.23. The minimum atomic E-state index is -4.69. The number of nitrogens with two attached hydrogens (primary N) is 1. The van der Waals surface area contributed by atoms with E-state index in [1.165, 1.54) is 0 Å². The van der Waals surface area contributed by atoms with Crippen LogP contribution in [0.4, 0.5) is 13.2 Å². The van der Waals surface area contributed by atoms with Crippen LogP contribution >= 0.6 is 0 Å². The molecule has 0 radical (unpaired) electrons. The van der Waals surface area contributed by atoms with Gasteiger partial charge in [-0.3, -0.25) is 0 Å². The number of pyridine rings is 1.